The molecule has 0 spiro atoms. The molecule has 0 aromatic heterocycles. The molecule has 0 radical (unpaired) electrons. The Bertz CT molecular complexity index is 165. The van der Waals surface area contributed by atoms with Gasteiger partial charge in [0.15, 0.2) is 0 Å². The number of methoxy groups -OCH3 is 1. The van der Waals surface area contributed by atoms with Crippen LogP contribution >= 0.6 is 0 Å². The van der Waals surface area contributed by atoms with Crippen LogP contribution < -0.4 is 0 Å². The molecule has 0 fully saturated rings. The van der Waals surface area contributed by atoms with E-state index < -0.39 is 0 Å². The number of hydrogen-bond donors (Lipinski definition) is 0. The Hall–Kier alpha value is -0.650. The fraction of sp³-hybridized carbons (Fsp3) is 0.909. The lowest BCUT2D eigenvalue weighted by Gasteiger charge is -2.22. The number of nitrogens with zero attached hydrogens (tertiary/aromatic N) is 1. The lowest BCUT2D eigenvalue weighted by atomic mass is 10.4. The van der Waals surface area contributed by atoms with Gasteiger partial charge in [-0.2, -0.15) is 0 Å². The molecule has 0 saturated heterocycles. The molecule has 0 rings (SSSR count). The number of hydrogen-bond acceptors (Lipinski definition) is 4. The van der Waals surface area contributed by atoms with Crippen LogP contribution in [0.3, 0.4) is 0 Å². The first kappa shape index (κ1) is 15.3. The molecule has 0 aliphatic rings. The maximum atomic E-state index is 11.6. The number of ether oxygens (including phenoxy) is 3. The molecule has 16 heavy (non-hydrogen) atoms. The summed E-state index contributed by atoms with van der Waals surface area (Å²) in [6.45, 7) is 7.58. The molecule has 0 aromatic carbocycles. The molecule has 0 unspecified atom stereocenters. The summed E-state index contributed by atoms with van der Waals surface area (Å²) in [6.07, 6.45) is 0. The largest absolute Gasteiger partial charge is 0.380 e. The van der Waals surface area contributed by atoms with Gasteiger partial charge in [0.2, 0.25) is 5.91 Å². The van der Waals surface area contributed by atoms with Gasteiger partial charge in [-0.15, -0.1) is 0 Å². The minimum atomic E-state index is -0.0260. The second-order valence-electron chi connectivity index (χ2n) is 3.21. The molecule has 0 aromatic rings. The van der Waals surface area contributed by atoms with Crippen LogP contribution in [0, 0.1) is 0 Å². The van der Waals surface area contributed by atoms with Crippen molar-refractivity contribution in [3.63, 3.8) is 0 Å². The first-order valence-electron chi connectivity index (χ1n) is 5.68. The summed E-state index contributed by atoms with van der Waals surface area (Å²) in [4.78, 5) is 13.3. The lowest BCUT2D eigenvalue weighted by Crippen LogP contribution is -2.38. The van der Waals surface area contributed by atoms with Gasteiger partial charge in [-0.1, -0.05) is 0 Å². The Kier molecular flexibility index (Phi) is 10.4. The van der Waals surface area contributed by atoms with Crippen molar-refractivity contribution in [1.29, 1.82) is 0 Å². The highest BCUT2D eigenvalue weighted by atomic mass is 16.5. The Morgan fingerprint density at radius 1 is 1.06 bits per heavy atom. The fourth-order valence-electron chi connectivity index (χ4n) is 1.21. The zero-order valence-corrected chi connectivity index (χ0v) is 10.5. The van der Waals surface area contributed by atoms with E-state index in [1.54, 1.807) is 4.90 Å². The summed E-state index contributed by atoms with van der Waals surface area (Å²) in [7, 11) is 1.52. The average Bonchev–Trinajstić information content (AvgIpc) is 2.28. The summed E-state index contributed by atoms with van der Waals surface area (Å²) in [5, 5.41) is 0. The van der Waals surface area contributed by atoms with Gasteiger partial charge in [0.25, 0.3) is 0 Å². The van der Waals surface area contributed by atoms with Crippen LogP contribution in [0.15, 0.2) is 0 Å². The third kappa shape index (κ3) is 7.62. The van der Waals surface area contributed by atoms with Crippen molar-refractivity contribution in [2.45, 2.75) is 13.8 Å². The standard InChI is InChI=1S/C11H23NO4/c1-4-15-8-6-12(7-9-16-5-2)11(13)10-14-3/h4-10H2,1-3H3. The van der Waals surface area contributed by atoms with Crippen molar-refractivity contribution in [1.82, 2.24) is 4.90 Å². The summed E-state index contributed by atoms with van der Waals surface area (Å²) < 4.78 is 15.3. The zero-order chi connectivity index (χ0) is 12.2. The maximum absolute atomic E-state index is 11.6. The Morgan fingerprint density at radius 2 is 1.56 bits per heavy atom. The summed E-state index contributed by atoms with van der Waals surface area (Å²) in [5.74, 6) is -0.0260. The van der Waals surface area contributed by atoms with Crippen LogP contribution in [0.5, 0.6) is 0 Å². The van der Waals surface area contributed by atoms with Crippen LogP contribution in [0.25, 0.3) is 0 Å². The quantitative estimate of drug-likeness (QED) is 0.517. The van der Waals surface area contributed by atoms with Crippen molar-refractivity contribution >= 4 is 5.91 Å². The highest BCUT2D eigenvalue weighted by Crippen LogP contribution is 1.92. The minimum absolute atomic E-state index is 0.0260. The topological polar surface area (TPSA) is 48.0 Å². The normalized spacial score (nSPS) is 10.4. The van der Waals surface area contributed by atoms with Crippen molar-refractivity contribution < 1.29 is 19.0 Å². The van der Waals surface area contributed by atoms with Gasteiger partial charge >= 0.3 is 0 Å². The van der Waals surface area contributed by atoms with Crippen molar-refractivity contribution in [2.24, 2.45) is 0 Å². The van der Waals surface area contributed by atoms with Gasteiger partial charge < -0.3 is 19.1 Å². The molecule has 5 nitrogen and oxygen atoms in total. The van der Waals surface area contributed by atoms with E-state index in [-0.39, 0.29) is 12.5 Å². The molecule has 0 N–H and O–H groups in total. The molecule has 0 aliphatic carbocycles. The first-order chi connectivity index (χ1) is 7.76. The van der Waals surface area contributed by atoms with E-state index >= 15 is 0 Å². The monoisotopic (exact) mass is 233 g/mol. The molecule has 0 heterocycles. The lowest BCUT2D eigenvalue weighted by molar-refractivity contribution is -0.136. The van der Waals surface area contributed by atoms with Crippen molar-refractivity contribution in [2.75, 3.05) is 53.2 Å². The van der Waals surface area contributed by atoms with Gasteiger partial charge in [-0.3, -0.25) is 4.79 Å². The van der Waals surface area contributed by atoms with E-state index in [4.69, 9.17) is 14.2 Å². The molecule has 5 heteroatoms. The molecule has 0 atom stereocenters. The molecular formula is C11H23NO4. The van der Waals surface area contributed by atoms with E-state index in [9.17, 15) is 4.79 Å². The predicted octanol–water partition coefficient (Wildman–Crippen LogP) is 0.534. The predicted molar refractivity (Wildman–Crippen MR) is 61.4 cm³/mol. The van der Waals surface area contributed by atoms with E-state index in [0.29, 0.717) is 39.5 Å². The third-order valence-corrected chi connectivity index (χ3v) is 2.04. The average molecular weight is 233 g/mol. The first-order valence-corrected chi connectivity index (χ1v) is 5.68. The molecule has 0 saturated carbocycles. The Labute approximate surface area is 97.7 Å². The molecule has 96 valence electrons. The Balaban J connectivity index is 3.89. The van der Waals surface area contributed by atoms with Gasteiger partial charge in [0, 0.05) is 33.4 Å². The molecular weight excluding hydrogens is 210 g/mol. The minimum Gasteiger partial charge on any atom is -0.380 e. The van der Waals surface area contributed by atoms with Crippen LogP contribution in [-0.4, -0.2) is 64.0 Å². The van der Waals surface area contributed by atoms with Gasteiger partial charge in [-0.25, -0.2) is 0 Å². The van der Waals surface area contributed by atoms with Gasteiger partial charge in [0.05, 0.1) is 13.2 Å². The summed E-state index contributed by atoms with van der Waals surface area (Å²) in [6, 6.07) is 0. The van der Waals surface area contributed by atoms with Crippen LogP contribution in [0.2, 0.25) is 0 Å². The van der Waals surface area contributed by atoms with Gasteiger partial charge in [-0.05, 0) is 13.8 Å². The highest BCUT2D eigenvalue weighted by Gasteiger charge is 2.12. The van der Waals surface area contributed by atoms with E-state index in [1.807, 2.05) is 13.8 Å². The smallest absolute Gasteiger partial charge is 0.248 e. The molecule has 0 aliphatic heterocycles. The van der Waals surface area contributed by atoms with E-state index in [2.05, 4.69) is 0 Å². The van der Waals surface area contributed by atoms with Crippen LogP contribution in [0.4, 0.5) is 0 Å². The Morgan fingerprint density at radius 3 is 1.94 bits per heavy atom. The molecule has 0 bridgehead atoms. The number of carbonyl (C=O) groups excluding carboxylic acids is 1. The van der Waals surface area contributed by atoms with Crippen molar-refractivity contribution in [3.8, 4) is 0 Å². The van der Waals surface area contributed by atoms with Gasteiger partial charge in [0.1, 0.15) is 6.61 Å². The number of rotatable bonds is 10. The van der Waals surface area contributed by atoms with E-state index in [0.717, 1.165) is 0 Å². The van der Waals surface area contributed by atoms with Crippen LogP contribution in [0.1, 0.15) is 13.8 Å². The number of amides is 1. The zero-order valence-electron chi connectivity index (χ0n) is 10.5. The fourth-order valence-corrected chi connectivity index (χ4v) is 1.21. The number of carbonyl (C=O) groups is 1. The third-order valence-electron chi connectivity index (χ3n) is 2.04. The van der Waals surface area contributed by atoms with Crippen molar-refractivity contribution in [3.05, 3.63) is 0 Å². The second kappa shape index (κ2) is 10.9. The second-order valence-corrected chi connectivity index (χ2v) is 3.21. The summed E-state index contributed by atoms with van der Waals surface area (Å²) >= 11 is 0. The van der Waals surface area contributed by atoms with Crippen LogP contribution in [-0.2, 0) is 19.0 Å². The SMILES string of the molecule is CCOCCN(CCOCC)C(=O)COC. The maximum Gasteiger partial charge on any atom is 0.248 e. The summed E-state index contributed by atoms with van der Waals surface area (Å²) in [5.41, 5.74) is 0. The van der Waals surface area contributed by atoms with E-state index in [1.165, 1.54) is 7.11 Å². The highest BCUT2D eigenvalue weighted by molar-refractivity contribution is 5.77. The molecule has 1 amide bonds.